The van der Waals surface area contributed by atoms with E-state index >= 15 is 0 Å². The number of nitrogens with two attached hydrogens (primary N) is 1. The molecule has 0 spiro atoms. The fourth-order valence-electron chi connectivity index (χ4n) is 3.67. The van der Waals surface area contributed by atoms with E-state index in [0.29, 0.717) is 28.5 Å². The largest absolute Gasteiger partial charge is 0.444 e. The average molecular weight is 542 g/mol. The van der Waals surface area contributed by atoms with Gasteiger partial charge in [-0.05, 0) is 39.8 Å². The number of alkyl carbamates (subject to hydrolysis) is 1. The van der Waals surface area contributed by atoms with E-state index in [0.717, 1.165) is 5.56 Å². The number of methoxy groups -OCH3 is 1. The highest BCUT2D eigenvalue weighted by molar-refractivity contribution is 6.29. The summed E-state index contributed by atoms with van der Waals surface area (Å²) in [6, 6.07) is 4.20. The van der Waals surface area contributed by atoms with Crippen molar-refractivity contribution in [2.24, 2.45) is 5.73 Å². The number of primary amides is 1. The molecule has 3 N–H and O–H groups in total. The number of pyridine rings is 1. The first-order valence-corrected chi connectivity index (χ1v) is 12.0. The zero-order valence-electron chi connectivity index (χ0n) is 21.5. The number of rotatable bonds is 7. The summed E-state index contributed by atoms with van der Waals surface area (Å²) in [4.78, 5) is 34.6. The Morgan fingerprint density at radius 3 is 2.61 bits per heavy atom. The molecule has 1 atom stereocenters. The molecule has 0 aliphatic rings. The van der Waals surface area contributed by atoms with Crippen molar-refractivity contribution >= 4 is 40.7 Å². The van der Waals surface area contributed by atoms with Crippen LogP contribution in [0.15, 0.2) is 43.0 Å². The molecular formula is C24H28ClN9O4. The van der Waals surface area contributed by atoms with Gasteiger partial charge in [0.2, 0.25) is 0 Å². The second kappa shape index (κ2) is 10.6. The Morgan fingerprint density at radius 1 is 1.21 bits per heavy atom. The van der Waals surface area contributed by atoms with Gasteiger partial charge in [0.25, 0.3) is 0 Å². The number of carbonyl (C=O) groups is 2. The van der Waals surface area contributed by atoms with Crippen LogP contribution in [0.4, 0.5) is 21.0 Å². The summed E-state index contributed by atoms with van der Waals surface area (Å²) < 4.78 is 13.8. The van der Waals surface area contributed by atoms with E-state index in [1.165, 1.54) is 28.9 Å². The number of hydrogen-bond donors (Lipinski definition) is 2. The third-order valence-electron chi connectivity index (χ3n) is 5.37. The fourth-order valence-corrected chi connectivity index (χ4v) is 3.85. The lowest BCUT2D eigenvalue weighted by atomic mass is 10.2. The van der Waals surface area contributed by atoms with Crippen LogP contribution < -0.4 is 16.0 Å². The molecule has 200 valence electrons. The molecule has 0 aromatic carbocycles. The van der Waals surface area contributed by atoms with Crippen molar-refractivity contribution in [2.75, 3.05) is 12.0 Å². The Balaban J connectivity index is 1.59. The summed E-state index contributed by atoms with van der Waals surface area (Å²) in [7, 11) is 1.54. The Kier molecular flexibility index (Phi) is 7.51. The van der Waals surface area contributed by atoms with Gasteiger partial charge in [0, 0.05) is 31.5 Å². The van der Waals surface area contributed by atoms with Crippen LogP contribution >= 0.6 is 11.6 Å². The lowest BCUT2D eigenvalue weighted by molar-refractivity contribution is 0.0523. The van der Waals surface area contributed by atoms with Gasteiger partial charge in [-0.1, -0.05) is 11.6 Å². The van der Waals surface area contributed by atoms with Crippen molar-refractivity contribution < 1.29 is 19.1 Å². The Hall–Kier alpha value is -4.23. The minimum atomic E-state index is -0.752. The topological polar surface area (TPSA) is 155 Å². The van der Waals surface area contributed by atoms with Gasteiger partial charge in [0.1, 0.15) is 5.60 Å². The fraction of sp³-hybridized carbons (Fsp3) is 0.333. The quantitative estimate of drug-likeness (QED) is 0.357. The summed E-state index contributed by atoms with van der Waals surface area (Å²) in [6.45, 7) is 7.41. The Morgan fingerprint density at radius 2 is 1.97 bits per heavy atom. The first kappa shape index (κ1) is 26.8. The zero-order valence-corrected chi connectivity index (χ0v) is 22.3. The smallest absolute Gasteiger partial charge is 0.407 e. The highest BCUT2D eigenvalue weighted by atomic mass is 35.5. The van der Waals surface area contributed by atoms with Crippen molar-refractivity contribution in [3.63, 3.8) is 0 Å². The highest BCUT2D eigenvalue weighted by Gasteiger charge is 2.26. The van der Waals surface area contributed by atoms with E-state index in [-0.39, 0.29) is 11.7 Å². The Bertz CT molecular complexity index is 1460. The first-order valence-electron chi connectivity index (χ1n) is 11.6. The monoisotopic (exact) mass is 541 g/mol. The molecule has 0 aliphatic heterocycles. The molecule has 4 aromatic heterocycles. The molecular weight excluding hydrogens is 514 g/mol. The molecule has 3 amide bonds. The third kappa shape index (κ3) is 5.84. The van der Waals surface area contributed by atoms with Crippen LogP contribution in [-0.2, 0) is 16.0 Å². The minimum Gasteiger partial charge on any atom is -0.444 e. The van der Waals surface area contributed by atoms with Gasteiger partial charge in [-0.25, -0.2) is 28.8 Å². The standard InChI is InChI=1S/C24H28ClN9O4/c1-14(37-5)21-17(12-28-20-8-18(25)31-34(20)21)33(22(26)35)16-6-7-19(27-11-16)32-13-15(10-30-32)9-29-23(36)38-24(2,3)4/h6-8,10-14H,9H2,1-5H3,(H2,26,35)(H,29,36)/t14-/m0/s1. The van der Waals surface area contributed by atoms with Gasteiger partial charge in [0.15, 0.2) is 16.6 Å². The normalized spacial score (nSPS) is 12.4. The molecule has 4 rings (SSSR count). The number of urea groups is 1. The molecule has 0 radical (unpaired) electrons. The van der Waals surface area contributed by atoms with E-state index in [9.17, 15) is 9.59 Å². The van der Waals surface area contributed by atoms with Crippen molar-refractivity contribution in [1.29, 1.82) is 0 Å². The molecule has 13 nitrogen and oxygen atoms in total. The zero-order chi connectivity index (χ0) is 27.6. The van der Waals surface area contributed by atoms with E-state index in [1.807, 2.05) is 0 Å². The first-order chi connectivity index (χ1) is 18.0. The summed E-state index contributed by atoms with van der Waals surface area (Å²) in [5.74, 6) is 0.486. The summed E-state index contributed by atoms with van der Waals surface area (Å²) >= 11 is 6.09. The summed E-state index contributed by atoms with van der Waals surface area (Å²) in [5, 5.41) is 11.5. The minimum absolute atomic E-state index is 0.232. The van der Waals surface area contributed by atoms with E-state index in [1.54, 1.807) is 63.0 Å². The molecule has 0 aliphatic carbocycles. The van der Waals surface area contributed by atoms with Crippen LogP contribution in [0.2, 0.25) is 5.15 Å². The van der Waals surface area contributed by atoms with E-state index < -0.39 is 23.8 Å². The SMILES string of the molecule is CO[C@@H](C)c1c(N(C(N)=O)c2ccc(-n3cc(CNC(=O)OC(C)(C)C)cn3)nc2)cnc2cc(Cl)nn12. The summed E-state index contributed by atoms with van der Waals surface area (Å²) in [5.41, 5.74) is 7.72. The summed E-state index contributed by atoms with van der Waals surface area (Å²) in [6.07, 6.45) is 5.33. The number of carbonyl (C=O) groups excluding carboxylic acids is 2. The van der Waals surface area contributed by atoms with Crippen LogP contribution in [0.5, 0.6) is 0 Å². The molecule has 14 heteroatoms. The van der Waals surface area contributed by atoms with Gasteiger partial charge in [-0.2, -0.15) is 10.2 Å². The lowest BCUT2D eigenvalue weighted by Gasteiger charge is -2.25. The van der Waals surface area contributed by atoms with Gasteiger partial charge < -0.3 is 20.5 Å². The Labute approximate surface area is 223 Å². The maximum Gasteiger partial charge on any atom is 0.407 e. The third-order valence-corrected chi connectivity index (χ3v) is 5.55. The molecule has 38 heavy (non-hydrogen) atoms. The second-order valence-corrected chi connectivity index (χ2v) is 9.73. The predicted molar refractivity (Wildman–Crippen MR) is 140 cm³/mol. The maximum atomic E-state index is 12.6. The number of hydrogen-bond acceptors (Lipinski definition) is 8. The van der Waals surface area contributed by atoms with Gasteiger partial charge in [0.05, 0.1) is 41.8 Å². The molecule has 0 fully saturated rings. The molecule has 4 heterocycles. The molecule has 0 unspecified atom stereocenters. The lowest BCUT2D eigenvalue weighted by Crippen LogP contribution is -2.33. The van der Waals surface area contributed by atoms with Crippen LogP contribution in [-0.4, -0.2) is 54.2 Å². The number of aromatic nitrogens is 6. The second-order valence-electron chi connectivity index (χ2n) is 9.34. The predicted octanol–water partition coefficient (Wildman–Crippen LogP) is 3.91. The van der Waals surface area contributed by atoms with Gasteiger partial charge in [-0.15, -0.1) is 0 Å². The van der Waals surface area contributed by atoms with Gasteiger partial charge in [-0.3, -0.25) is 4.90 Å². The molecule has 4 aromatic rings. The van der Waals surface area contributed by atoms with E-state index in [2.05, 4.69) is 25.5 Å². The highest BCUT2D eigenvalue weighted by Crippen LogP contribution is 2.33. The van der Waals surface area contributed by atoms with Crippen molar-refractivity contribution in [3.8, 4) is 5.82 Å². The van der Waals surface area contributed by atoms with E-state index in [4.69, 9.17) is 26.8 Å². The number of halogens is 1. The number of fused-ring (bicyclic) bond motifs is 1. The number of nitrogens with one attached hydrogen (secondary N) is 1. The number of nitrogens with zero attached hydrogens (tertiary/aromatic N) is 7. The molecule has 0 saturated heterocycles. The van der Waals surface area contributed by atoms with Crippen LogP contribution in [0.3, 0.4) is 0 Å². The maximum absolute atomic E-state index is 12.6. The number of amides is 3. The average Bonchev–Trinajstić information content (AvgIpc) is 3.47. The van der Waals surface area contributed by atoms with Crippen LogP contribution in [0.1, 0.15) is 45.1 Å². The molecule has 0 bridgehead atoms. The van der Waals surface area contributed by atoms with Crippen molar-refractivity contribution in [1.82, 2.24) is 34.7 Å². The molecule has 0 saturated carbocycles. The van der Waals surface area contributed by atoms with Crippen molar-refractivity contribution in [2.45, 2.75) is 45.9 Å². The van der Waals surface area contributed by atoms with Gasteiger partial charge >= 0.3 is 12.1 Å². The van der Waals surface area contributed by atoms with Crippen molar-refractivity contribution in [3.05, 3.63) is 59.4 Å². The van der Waals surface area contributed by atoms with Crippen LogP contribution in [0, 0.1) is 0 Å². The number of anilines is 2. The number of ether oxygens (including phenoxy) is 2. The van der Waals surface area contributed by atoms with Crippen LogP contribution in [0.25, 0.3) is 11.5 Å².